The average Bonchev–Trinajstić information content (AvgIpc) is 2.31. The molecule has 0 atom stereocenters. The lowest BCUT2D eigenvalue weighted by Crippen LogP contribution is -2.21. The van der Waals surface area contributed by atoms with Crippen LogP contribution in [0.3, 0.4) is 0 Å². The van der Waals surface area contributed by atoms with Gasteiger partial charge in [0, 0.05) is 24.2 Å². The molecule has 0 fully saturated rings. The Morgan fingerprint density at radius 1 is 1.31 bits per heavy atom. The summed E-state index contributed by atoms with van der Waals surface area (Å²) in [7, 11) is -3.33. The van der Waals surface area contributed by atoms with Crippen LogP contribution in [0.15, 0.2) is 41.1 Å². The maximum Gasteiger partial charge on any atom is 0.199 e. The topological polar surface area (TPSA) is 37.4 Å². The molecule has 0 heterocycles. The van der Waals surface area contributed by atoms with Gasteiger partial charge in [-0.05, 0) is 32.0 Å². The third kappa shape index (κ3) is 2.64. The van der Waals surface area contributed by atoms with E-state index in [9.17, 15) is 8.42 Å². The molecule has 0 N–H and O–H groups in total. The van der Waals surface area contributed by atoms with E-state index in [1.807, 2.05) is 19.9 Å². The standard InChI is InChI=1S/C12H17NO2S/c1-4-13(5-2)11-8-7-9-12(10-11)16(14,15)6-3/h6-10H,3-5H2,1-2H3. The van der Waals surface area contributed by atoms with Crippen LogP contribution in [0.4, 0.5) is 5.69 Å². The second-order valence-corrected chi connectivity index (χ2v) is 5.28. The van der Waals surface area contributed by atoms with Crippen molar-refractivity contribution in [3.8, 4) is 0 Å². The molecule has 16 heavy (non-hydrogen) atoms. The molecule has 0 aliphatic heterocycles. The number of anilines is 1. The molecule has 0 saturated heterocycles. The number of hydrogen-bond donors (Lipinski definition) is 0. The van der Waals surface area contributed by atoms with Crippen molar-refractivity contribution in [3.05, 3.63) is 36.3 Å². The summed E-state index contributed by atoms with van der Waals surface area (Å²) in [6, 6.07) is 6.94. The first-order valence-corrected chi connectivity index (χ1v) is 6.82. The van der Waals surface area contributed by atoms with Gasteiger partial charge in [-0.1, -0.05) is 12.6 Å². The molecular weight excluding hydrogens is 222 g/mol. The average molecular weight is 239 g/mol. The van der Waals surface area contributed by atoms with Gasteiger partial charge in [-0.25, -0.2) is 8.42 Å². The van der Waals surface area contributed by atoms with Crippen molar-refractivity contribution in [2.24, 2.45) is 0 Å². The lowest BCUT2D eigenvalue weighted by molar-refractivity contribution is 0.604. The predicted octanol–water partition coefficient (Wildman–Crippen LogP) is 2.45. The van der Waals surface area contributed by atoms with Crippen LogP contribution in [0.2, 0.25) is 0 Å². The number of sulfone groups is 1. The molecule has 0 aromatic heterocycles. The van der Waals surface area contributed by atoms with Crippen molar-refractivity contribution >= 4 is 15.5 Å². The summed E-state index contributed by atoms with van der Waals surface area (Å²) in [5, 5.41) is 0.981. The molecule has 0 radical (unpaired) electrons. The Kier molecular flexibility index (Phi) is 4.12. The van der Waals surface area contributed by atoms with E-state index in [-0.39, 0.29) is 0 Å². The van der Waals surface area contributed by atoms with Crippen LogP contribution in [-0.4, -0.2) is 21.5 Å². The molecule has 0 bridgehead atoms. The molecule has 1 aromatic carbocycles. The highest BCUT2D eigenvalue weighted by atomic mass is 32.2. The van der Waals surface area contributed by atoms with E-state index >= 15 is 0 Å². The van der Waals surface area contributed by atoms with Crippen LogP contribution < -0.4 is 4.90 Å². The molecular formula is C12H17NO2S. The van der Waals surface area contributed by atoms with Gasteiger partial charge in [-0.3, -0.25) is 0 Å². The minimum absolute atomic E-state index is 0.298. The van der Waals surface area contributed by atoms with Crippen molar-refractivity contribution in [2.45, 2.75) is 18.7 Å². The van der Waals surface area contributed by atoms with E-state index in [1.165, 1.54) is 0 Å². The first kappa shape index (κ1) is 12.8. The molecule has 0 spiro atoms. The van der Waals surface area contributed by atoms with Crippen molar-refractivity contribution in [1.82, 2.24) is 0 Å². The van der Waals surface area contributed by atoms with Crippen LogP contribution in [0.5, 0.6) is 0 Å². The first-order chi connectivity index (χ1) is 7.55. The molecule has 4 heteroatoms. The van der Waals surface area contributed by atoms with Crippen LogP contribution in [0.25, 0.3) is 0 Å². The van der Waals surface area contributed by atoms with Crippen LogP contribution in [-0.2, 0) is 9.84 Å². The smallest absolute Gasteiger partial charge is 0.199 e. The number of hydrogen-bond acceptors (Lipinski definition) is 3. The second kappa shape index (κ2) is 5.16. The van der Waals surface area contributed by atoms with Gasteiger partial charge in [-0.2, -0.15) is 0 Å². The lowest BCUT2D eigenvalue weighted by atomic mass is 10.3. The fourth-order valence-electron chi connectivity index (χ4n) is 1.54. The van der Waals surface area contributed by atoms with Crippen molar-refractivity contribution in [3.63, 3.8) is 0 Å². The SMILES string of the molecule is C=CS(=O)(=O)c1cccc(N(CC)CC)c1. The van der Waals surface area contributed by atoms with E-state index < -0.39 is 9.84 Å². The zero-order valence-electron chi connectivity index (χ0n) is 9.68. The molecule has 0 aliphatic rings. The molecule has 0 aliphatic carbocycles. The molecule has 0 amide bonds. The van der Waals surface area contributed by atoms with E-state index in [2.05, 4.69) is 11.5 Å². The van der Waals surface area contributed by atoms with Crippen molar-refractivity contribution in [2.75, 3.05) is 18.0 Å². The fourth-order valence-corrected chi connectivity index (χ4v) is 2.29. The van der Waals surface area contributed by atoms with Gasteiger partial charge in [0.1, 0.15) is 0 Å². The Hall–Kier alpha value is -1.29. The third-order valence-corrected chi connectivity index (χ3v) is 3.84. The van der Waals surface area contributed by atoms with Gasteiger partial charge in [0.2, 0.25) is 0 Å². The molecule has 0 saturated carbocycles. The van der Waals surface area contributed by atoms with Crippen LogP contribution >= 0.6 is 0 Å². The van der Waals surface area contributed by atoms with E-state index in [4.69, 9.17) is 0 Å². The highest BCUT2D eigenvalue weighted by molar-refractivity contribution is 7.94. The molecule has 3 nitrogen and oxygen atoms in total. The van der Waals surface area contributed by atoms with Crippen LogP contribution in [0.1, 0.15) is 13.8 Å². The maximum atomic E-state index is 11.6. The highest BCUT2D eigenvalue weighted by Crippen LogP contribution is 2.20. The normalized spacial score (nSPS) is 11.1. The van der Waals surface area contributed by atoms with Gasteiger partial charge in [-0.15, -0.1) is 0 Å². The summed E-state index contributed by atoms with van der Waals surface area (Å²) >= 11 is 0. The summed E-state index contributed by atoms with van der Waals surface area (Å²) in [6.45, 7) is 9.11. The Morgan fingerprint density at radius 2 is 1.94 bits per heavy atom. The molecule has 1 aromatic rings. The zero-order valence-corrected chi connectivity index (χ0v) is 10.5. The van der Waals surface area contributed by atoms with Gasteiger partial charge >= 0.3 is 0 Å². The van der Waals surface area contributed by atoms with Crippen LogP contribution in [0, 0.1) is 0 Å². The summed E-state index contributed by atoms with van der Waals surface area (Å²) < 4.78 is 23.2. The first-order valence-electron chi connectivity index (χ1n) is 5.27. The lowest BCUT2D eigenvalue weighted by Gasteiger charge is -2.21. The summed E-state index contributed by atoms with van der Waals surface area (Å²) in [5.74, 6) is 0. The Balaban J connectivity index is 3.18. The monoisotopic (exact) mass is 239 g/mol. The Labute approximate surface area is 97.3 Å². The minimum Gasteiger partial charge on any atom is -0.372 e. The van der Waals surface area contributed by atoms with Crippen molar-refractivity contribution < 1.29 is 8.42 Å². The molecule has 88 valence electrons. The van der Waals surface area contributed by atoms with Crippen molar-refractivity contribution in [1.29, 1.82) is 0 Å². The largest absolute Gasteiger partial charge is 0.372 e. The van der Waals surface area contributed by atoms with E-state index in [1.54, 1.807) is 18.2 Å². The summed E-state index contributed by atoms with van der Waals surface area (Å²) in [4.78, 5) is 2.40. The third-order valence-electron chi connectivity index (χ3n) is 2.49. The van der Waals surface area contributed by atoms with E-state index in [0.717, 1.165) is 24.2 Å². The molecule has 0 unspecified atom stereocenters. The maximum absolute atomic E-state index is 11.6. The Bertz CT molecular complexity index is 462. The van der Waals surface area contributed by atoms with Gasteiger partial charge in [0.05, 0.1) is 4.90 Å². The van der Waals surface area contributed by atoms with Gasteiger partial charge in [0.15, 0.2) is 9.84 Å². The number of benzene rings is 1. The highest BCUT2D eigenvalue weighted by Gasteiger charge is 2.11. The summed E-state index contributed by atoms with van der Waals surface area (Å²) in [6.07, 6.45) is 0. The molecule has 1 rings (SSSR count). The Morgan fingerprint density at radius 3 is 2.44 bits per heavy atom. The predicted molar refractivity (Wildman–Crippen MR) is 67.4 cm³/mol. The summed E-state index contributed by atoms with van der Waals surface area (Å²) in [5.41, 5.74) is 0.924. The fraction of sp³-hybridized carbons (Fsp3) is 0.333. The second-order valence-electron chi connectivity index (χ2n) is 3.38. The number of rotatable bonds is 5. The zero-order chi connectivity index (χ0) is 12.2. The number of nitrogens with zero attached hydrogens (tertiary/aromatic N) is 1. The quantitative estimate of drug-likeness (QED) is 0.792. The van der Waals surface area contributed by atoms with E-state index in [0.29, 0.717) is 4.90 Å². The van der Waals surface area contributed by atoms with Gasteiger partial charge in [0.25, 0.3) is 0 Å². The van der Waals surface area contributed by atoms with Gasteiger partial charge < -0.3 is 4.90 Å². The minimum atomic E-state index is -3.33.